The van der Waals surface area contributed by atoms with E-state index in [9.17, 15) is 9.59 Å². The van der Waals surface area contributed by atoms with Crippen LogP contribution in [0.5, 0.6) is 5.75 Å². The van der Waals surface area contributed by atoms with Crippen LogP contribution < -0.4 is 4.74 Å². The number of amides is 2. The van der Waals surface area contributed by atoms with Crippen LogP contribution in [0.3, 0.4) is 0 Å². The van der Waals surface area contributed by atoms with Gasteiger partial charge in [-0.3, -0.25) is 19.5 Å². The molecule has 0 atom stereocenters. The molecule has 1 aromatic heterocycles. The molecule has 0 spiro atoms. The molecular formula is C22H23N3O4. The van der Waals surface area contributed by atoms with E-state index in [0.717, 1.165) is 5.75 Å². The molecule has 0 saturated carbocycles. The Kier molecular flexibility index (Phi) is 5.57. The lowest BCUT2D eigenvalue weighted by molar-refractivity contribution is -0.138. The van der Waals surface area contributed by atoms with Crippen molar-refractivity contribution >= 4 is 17.4 Å². The van der Waals surface area contributed by atoms with Gasteiger partial charge in [0, 0.05) is 19.3 Å². The van der Waals surface area contributed by atoms with E-state index in [-0.39, 0.29) is 18.4 Å². The van der Waals surface area contributed by atoms with Gasteiger partial charge in [0.2, 0.25) is 0 Å². The van der Waals surface area contributed by atoms with Crippen molar-refractivity contribution in [2.75, 3.05) is 32.9 Å². The summed E-state index contributed by atoms with van der Waals surface area (Å²) < 4.78 is 10.9. The minimum Gasteiger partial charge on any atom is -0.494 e. The lowest BCUT2D eigenvalue weighted by Crippen LogP contribution is -2.40. The molecular weight excluding hydrogens is 370 g/mol. The van der Waals surface area contributed by atoms with Crippen LogP contribution in [0.15, 0.2) is 54.4 Å². The molecule has 29 heavy (non-hydrogen) atoms. The minimum absolute atomic E-state index is 0.146. The predicted octanol–water partition coefficient (Wildman–Crippen LogP) is 2.09. The number of carbonyl (C=O) groups excluding carboxylic acids is 2. The third-order valence-electron chi connectivity index (χ3n) is 4.97. The molecule has 1 saturated heterocycles. The van der Waals surface area contributed by atoms with E-state index in [1.165, 1.54) is 4.90 Å². The number of rotatable bonds is 6. The van der Waals surface area contributed by atoms with Crippen molar-refractivity contribution in [2.24, 2.45) is 0 Å². The van der Waals surface area contributed by atoms with E-state index >= 15 is 0 Å². The summed E-state index contributed by atoms with van der Waals surface area (Å²) in [5, 5.41) is 0. The molecule has 1 aromatic carbocycles. The maximum atomic E-state index is 13.3. The molecule has 1 fully saturated rings. The predicted molar refractivity (Wildman–Crippen MR) is 107 cm³/mol. The summed E-state index contributed by atoms with van der Waals surface area (Å²) in [7, 11) is 0. The monoisotopic (exact) mass is 393 g/mol. The van der Waals surface area contributed by atoms with E-state index < -0.39 is 0 Å². The van der Waals surface area contributed by atoms with Crippen molar-refractivity contribution in [1.29, 1.82) is 0 Å². The van der Waals surface area contributed by atoms with E-state index in [2.05, 4.69) is 4.98 Å². The highest BCUT2D eigenvalue weighted by Gasteiger charge is 2.42. The second kappa shape index (κ2) is 8.45. The molecule has 0 unspecified atom stereocenters. The lowest BCUT2D eigenvalue weighted by Gasteiger charge is -2.29. The highest BCUT2D eigenvalue weighted by Crippen LogP contribution is 2.33. The quantitative estimate of drug-likeness (QED) is 0.700. The fraction of sp³-hybridized carbons (Fsp3) is 0.318. The molecule has 2 aliphatic rings. The summed E-state index contributed by atoms with van der Waals surface area (Å²) in [5.74, 6) is 0.143. The smallest absolute Gasteiger partial charge is 0.278 e. The summed E-state index contributed by atoms with van der Waals surface area (Å²) in [6.45, 7) is 4.84. The first-order valence-corrected chi connectivity index (χ1v) is 9.75. The molecule has 7 heteroatoms. The number of ether oxygens (including phenoxy) is 2. The minimum atomic E-state index is -0.300. The summed E-state index contributed by atoms with van der Waals surface area (Å²) >= 11 is 0. The molecule has 2 aromatic rings. The average molecular weight is 393 g/mol. The van der Waals surface area contributed by atoms with Crippen LogP contribution in [0, 0.1) is 0 Å². The van der Waals surface area contributed by atoms with E-state index in [4.69, 9.17) is 9.47 Å². The molecule has 0 bridgehead atoms. The number of aromatic nitrogens is 1. The summed E-state index contributed by atoms with van der Waals surface area (Å²) in [6.07, 6.45) is 1.66. The molecule has 150 valence electrons. The fourth-order valence-electron chi connectivity index (χ4n) is 3.59. The van der Waals surface area contributed by atoms with Gasteiger partial charge in [0.25, 0.3) is 11.8 Å². The lowest BCUT2D eigenvalue weighted by atomic mass is 10.0. The largest absolute Gasteiger partial charge is 0.494 e. The number of hydrogen-bond donors (Lipinski definition) is 0. The molecule has 2 amide bonds. The maximum Gasteiger partial charge on any atom is 0.278 e. The Balaban J connectivity index is 1.70. The molecule has 2 aliphatic heterocycles. The number of pyridine rings is 1. The zero-order valence-corrected chi connectivity index (χ0v) is 16.3. The summed E-state index contributed by atoms with van der Waals surface area (Å²) in [4.78, 5) is 34.1. The maximum absolute atomic E-state index is 13.3. The average Bonchev–Trinajstić information content (AvgIpc) is 3.01. The zero-order chi connectivity index (χ0) is 20.2. The van der Waals surface area contributed by atoms with Gasteiger partial charge in [-0.25, -0.2) is 0 Å². The summed E-state index contributed by atoms with van der Waals surface area (Å²) in [6, 6.07) is 12.8. The third-order valence-corrected chi connectivity index (χ3v) is 4.97. The molecule has 3 heterocycles. The van der Waals surface area contributed by atoms with Gasteiger partial charge in [0.15, 0.2) is 0 Å². The van der Waals surface area contributed by atoms with Crippen LogP contribution in [0.2, 0.25) is 0 Å². The third kappa shape index (κ3) is 3.86. The number of hydrogen-bond acceptors (Lipinski definition) is 6. The Labute approximate surface area is 169 Å². The van der Waals surface area contributed by atoms with Crippen LogP contribution in [0.4, 0.5) is 0 Å². The van der Waals surface area contributed by atoms with Gasteiger partial charge in [-0.1, -0.05) is 18.2 Å². The molecule has 7 nitrogen and oxygen atoms in total. The first-order valence-electron chi connectivity index (χ1n) is 9.75. The number of imide groups is 1. The van der Waals surface area contributed by atoms with Crippen molar-refractivity contribution in [2.45, 2.75) is 13.5 Å². The number of carbonyl (C=O) groups is 2. The number of morpholine rings is 1. The second-order valence-electron chi connectivity index (χ2n) is 6.80. The normalized spacial score (nSPS) is 17.3. The number of benzene rings is 1. The van der Waals surface area contributed by atoms with E-state index in [1.54, 1.807) is 12.3 Å². The zero-order valence-electron chi connectivity index (χ0n) is 16.3. The Morgan fingerprint density at radius 3 is 2.45 bits per heavy atom. The van der Waals surface area contributed by atoms with Gasteiger partial charge < -0.3 is 14.4 Å². The van der Waals surface area contributed by atoms with Gasteiger partial charge in [0.05, 0.1) is 37.6 Å². The van der Waals surface area contributed by atoms with E-state index in [0.29, 0.717) is 55.4 Å². The van der Waals surface area contributed by atoms with Crippen molar-refractivity contribution < 1.29 is 19.1 Å². The van der Waals surface area contributed by atoms with Gasteiger partial charge in [-0.15, -0.1) is 0 Å². The van der Waals surface area contributed by atoms with Crippen LogP contribution in [-0.4, -0.2) is 59.5 Å². The molecule has 4 rings (SSSR count). The SMILES string of the molecule is CCOc1ccc(C2=C(N3CCOCC3)C(=O)N(Cc3ccccn3)C2=O)cc1. The molecule has 0 N–H and O–H groups in total. The highest BCUT2D eigenvalue weighted by atomic mass is 16.5. The van der Waals surface area contributed by atoms with Crippen LogP contribution in [0.1, 0.15) is 18.2 Å². The van der Waals surface area contributed by atoms with Crippen molar-refractivity contribution in [3.05, 3.63) is 65.6 Å². The standard InChI is InChI=1S/C22H23N3O4/c1-2-29-18-8-6-16(7-9-18)19-20(24-11-13-28-14-12-24)22(27)25(21(19)26)15-17-5-3-4-10-23-17/h3-10H,2,11-15H2,1H3. The Bertz CT molecular complexity index is 919. The summed E-state index contributed by atoms with van der Waals surface area (Å²) in [5.41, 5.74) is 2.24. The van der Waals surface area contributed by atoms with Crippen LogP contribution in [0.25, 0.3) is 5.57 Å². The molecule has 0 radical (unpaired) electrons. The second-order valence-corrected chi connectivity index (χ2v) is 6.80. The van der Waals surface area contributed by atoms with Gasteiger partial charge in [0.1, 0.15) is 11.4 Å². The first-order chi connectivity index (χ1) is 14.2. The highest BCUT2D eigenvalue weighted by molar-refractivity contribution is 6.35. The Morgan fingerprint density at radius 1 is 1.03 bits per heavy atom. The van der Waals surface area contributed by atoms with Crippen molar-refractivity contribution in [1.82, 2.24) is 14.8 Å². The van der Waals surface area contributed by atoms with E-state index in [1.807, 2.05) is 48.2 Å². The fourth-order valence-corrected chi connectivity index (χ4v) is 3.59. The van der Waals surface area contributed by atoms with Crippen molar-refractivity contribution in [3.63, 3.8) is 0 Å². The van der Waals surface area contributed by atoms with Gasteiger partial charge >= 0.3 is 0 Å². The molecule has 0 aliphatic carbocycles. The first kappa shape index (κ1) is 19.1. The van der Waals surface area contributed by atoms with Gasteiger partial charge in [-0.2, -0.15) is 0 Å². The van der Waals surface area contributed by atoms with Gasteiger partial charge in [-0.05, 0) is 36.8 Å². The van der Waals surface area contributed by atoms with Crippen LogP contribution in [-0.2, 0) is 20.9 Å². The van der Waals surface area contributed by atoms with Crippen LogP contribution >= 0.6 is 0 Å². The Morgan fingerprint density at radius 2 is 1.79 bits per heavy atom. The van der Waals surface area contributed by atoms with Crippen molar-refractivity contribution in [3.8, 4) is 5.75 Å². The Hall–Kier alpha value is -3.19. The number of nitrogens with zero attached hydrogens (tertiary/aromatic N) is 3. The topological polar surface area (TPSA) is 72.0 Å².